The number of hydrogen-bond acceptors (Lipinski definition) is 4. The largest absolute Gasteiger partial charge is 0.284 e. The molecule has 0 aromatic heterocycles. The third-order valence-corrected chi connectivity index (χ3v) is 6.68. The molecule has 3 aromatic rings. The Morgan fingerprint density at radius 1 is 1.07 bits per heavy atom. The van der Waals surface area contributed by atoms with Crippen molar-refractivity contribution >= 4 is 55.8 Å². The molecule has 1 saturated heterocycles. The van der Waals surface area contributed by atoms with Gasteiger partial charge in [-0.2, -0.15) is 5.10 Å². The third kappa shape index (κ3) is 4.43. The summed E-state index contributed by atoms with van der Waals surface area (Å²) in [4.78, 5) is 14.7. The van der Waals surface area contributed by atoms with Crippen LogP contribution in [-0.2, 0) is 11.3 Å². The van der Waals surface area contributed by atoms with E-state index >= 15 is 0 Å². The zero-order valence-corrected chi connectivity index (χ0v) is 18.4. The highest BCUT2D eigenvalue weighted by atomic mass is 79.9. The standard InChI is InChI=1S/C23H20BrN3OS/c1-2-21-22(28)27(15-18-8-5-7-17-6-3-4-9-20(17)18)23(29-21)26-25-14-16-10-12-19(24)13-11-16/h3-14,21H,2,15H2,1H3/b25-14-,26-23+/t21-/m0/s1. The van der Waals surface area contributed by atoms with Gasteiger partial charge in [-0.1, -0.05) is 89.2 Å². The van der Waals surface area contributed by atoms with E-state index in [4.69, 9.17) is 0 Å². The maximum Gasteiger partial charge on any atom is 0.242 e. The third-order valence-electron chi connectivity index (χ3n) is 4.82. The second-order valence-electron chi connectivity index (χ2n) is 6.76. The van der Waals surface area contributed by atoms with E-state index in [1.807, 2.05) is 49.4 Å². The fourth-order valence-corrected chi connectivity index (χ4v) is 4.57. The topological polar surface area (TPSA) is 45.0 Å². The van der Waals surface area contributed by atoms with Crippen molar-refractivity contribution in [3.05, 3.63) is 82.3 Å². The Balaban J connectivity index is 1.61. The maximum absolute atomic E-state index is 12.9. The molecule has 1 fully saturated rings. The van der Waals surface area contributed by atoms with Crippen molar-refractivity contribution in [2.24, 2.45) is 10.2 Å². The maximum atomic E-state index is 12.9. The highest BCUT2D eigenvalue weighted by Crippen LogP contribution is 2.32. The average molecular weight is 466 g/mol. The molecule has 146 valence electrons. The molecule has 1 atom stereocenters. The average Bonchev–Trinajstić information content (AvgIpc) is 3.04. The molecule has 0 saturated carbocycles. The lowest BCUT2D eigenvalue weighted by atomic mass is 10.0. The van der Waals surface area contributed by atoms with Crippen LogP contribution in [0.4, 0.5) is 0 Å². The minimum atomic E-state index is -0.105. The molecule has 0 N–H and O–H groups in total. The molecule has 29 heavy (non-hydrogen) atoms. The van der Waals surface area contributed by atoms with Crippen LogP contribution >= 0.6 is 27.7 Å². The van der Waals surface area contributed by atoms with Gasteiger partial charge in [0.1, 0.15) is 0 Å². The Hall–Kier alpha value is -2.44. The van der Waals surface area contributed by atoms with Crippen LogP contribution in [0.3, 0.4) is 0 Å². The number of nitrogens with zero attached hydrogens (tertiary/aromatic N) is 3. The molecule has 1 aliphatic rings. The highest BCUT2D eigenvalue weighted by Gasteiger charge is 2.37. The van der Waals surface area contributed by atoms with Gasteiger partial charge in [0.15, 0.2) is 5.17 Å². The SMILES string of the molecule is CC[C@@H]1S/C(=N/N=C\c2ccc(Br)cc2)N(Cc2cccc3ccccc23)C1=O. The Morgan fingerprint density at radius 3 is 2.62 bits per heavy atom. The first-order valence-corrected chi connectivity index (χ1v) is 11.1. The molecular formula is C23H20BrN3OS. The fraction of sp³-hybridized carbons (Fsp3) is 0.174. The van der Waals surface area contributed by atoms with Gasteiger partial charge in [-0.25, -0.2) is 0 Å². The molecule has 4 rings (SSSR count). The lowest BCUT2D eigenvalue weighted by Crippen LogP contribution is -2.31. The van der Waals surface area contributed by atoms with Gasteiger partial charge in [0.25, 0.3) is 0 Å². The molecule has 4 nitrogen and oxygen atoms in total. The Bertz CT molecular complexity index is 1090. The Kier molecular flexibility index (Phi) is 6.11. The van der Waals surface area contributed by atoms with Gasteiger partial charge >= 0.3 is 0 Å². The van der Waals surface area contributed by atoms with Crippen LogP contribution in [0.1, 0.15) is 24.5 Å². The van der Waals surface area contributed by atoms with E-state index in [9.17, 15) is 4.79 Å². The molecule has 0 bridgehead atoms. The number of carbonyl (C=O) groups excluding carboxylic acids is 1. The van der Waals surface area contributed by atoms with E-state index in [0.717, 1.165) is 27.4 Å². The summed E-state index contributed by atoms with van der Waals surface area (Å²) >= 11 is 4.92. The molecule has 0 aliphatic carbocycles. The smallest absolute Gasteiger partial charge is 0.242 e. The fourth-order valence-electron chi connectivity index (χ4n) is 3.28. The van der Waals surface area contributed by atoms with Gasteiger partial charge in [-0.3, -0.25) is 9.69 Å². The lowest BCUT2D eigenvalue weighted by molar-refractivity contribution is -0.126. The molecule has 3 aromatic carbocycles. The van der Waals surface area contributed by atoms with Crippen LogP contribution in [0.25, 0.3) is 10.8 Å². The minimum absolute atomic E-state index is 0.100. The number of benzene rings is 3. The van der Waals surface area contributed by atoms with Crippen molar-refractivity contribution in [1.29, 1.82) is 0 Å². The summed E-state index contributed by atoms with van der Waals surface area (Å²) in [5.41, 5.74) is 2.07. The highest BCUT2D eigenvalue weighted by molar-refractivity contribution is 9.10. The quantitative estimate of drug-likeness (QED) is 0.350. The van der Waals surface area contributed by atoms with Gasteiger partial charge in [-0.05, 0) is 40.5 Å². The summed E-state index contributed by atoms with van der Waals surface area (Å²) in [7, 11) is 0. The summed E-state index contributed by atoms with van der Waals surface area (Å²) in [5, 5.41) is 11.5. The molecule has 1 aliphatic heterocycles. The van der Waals surface area contributed by atoms with Crippen molar-refractivity contribution in [2.75, 3.05) is 0 Å². The molecule has 1 heterocycles. The van der Waals surface area contributed by atoms with Gasteiger partial charge in [0.2, 0.25) is 5.91 Å². The van der Waals surface area contributed by atoms with Crippen molar-refractivity contribution in [3.63, 3.8) is 0 Å². The van der Waals surface area contributed by atoms with Crippen molar-refractivity contribution in [3.8, 4) is 0 Å². The van der Waals surface area contributed by atoms with E-state index < -0.39 is 0 Å². The number of carbonyl (C=O) groups is 1. The first-order chi connectivity index (χ1) is 14.2. The second-order valence-corrected chi connectivity index (χ2v) is 8.84. The van der Waals surface area contributed by atoms with Crippen LogP contribution in [-0.4, -0.2) is 27.4 Å². The second kappa shape index (κ2) is 8.93. The van der Waals surface area contributed by atoms with Crippen molar-refractivity contribution < 1.29 is 4.79 Å². The minimum Gasteiger partial charge on any atom is -0.284 e. The monoisotopic (exact) mass is 465 g/mol. The number of fused-ring (bicyclic) bond motifs is 1. The summed E-state index contributed by atoms with van der Waals surface area (Å²) in [6.45, 7) is 2.52. The number of halogens is 1. The van der Waals surface area contributed by atoms with Crippen molar-refractivity contribution in [1.82, 2.24) is 4.90 Å². The normalized spacial score (nSPS) is 18.4. The summed E-state index contributed by atoms with van der Waals surface area (Å²) in [6, 6.07) is 22.3. The van der Waals surface area contributed by atoms with Crippen LogP contribution in [0.15, 0.2) is 81.4 Å². The van der Waals surface area contributed by atoms with E-state index in [-0.39, 0.29) is 11.2 Å². The number of thioether (sulfide) groups is 1. The number of amidine groups is 1. The van der Waals surface area contributed by atoms with Crippen molar-refractivity contribution in [2.45, 2.75) is 25.1 Å². The van der Waals surface area contributed by atoms with Gasteiger partial charge in [-0.15, -0.1) is 5.10 Å². The first kappa shape index (κ1) is 19.9. The number of rotatable bonds is 5. The van der Waals surface area contributed by atoms with Crippen LogP contribution in [0.5, 0.6) is 0 Å². The zero-order chi connectivity index (χ0) is 20.2. The predicted octanol–water partition coefficient (Wildman–Crippen LogP) is 5.85. The van der Waals surface area contributed by atoms with Crippen LogP contribution < -0.4 is 0 Å². The van der Waals surface area contributed by atoms with E-state index in [0.29, 0.717) is 11.7 Å². The summed E-state index contributed by atoms with van der Waals surface area (Å²) < 4.78 is 1.02. The van der Waals surface area contributed by atoms with E-state index in [1.54, 1.807) is 11.1 Å². The zero-order valence-electron chi connectivity index (χ0n) is 16.0. The van der Waals surface area contributed by atoms with Gasteiger partial charge in [0, 0.05) is 4.47 Å². The molecule has 0 unspecified atom stereocenters. The van der Waals surface area contributed by atoms with E-state index in [1.165, 1.54) is 17.1 Å². The summed E-state index contributed by atoms with van der Waals surface area (Å²) in [5.74, 6) is 0.100. The van der Waals surface area contributed by atoms with Gasteiger partial charge < -0.3 is 0 Å². The first-order valence-electron chi connectivity index (χ1n) is 9.47. The Labute approximate surface area is 182 Å². The van der Waals surface area contributed by atoms with E-state index in [2.05, 4.69) is 50.4 Å². The van der Waals surface area contributed by atoms with Crippen LogP contribution in [0, 0.1) is 0 Å². The number of amides is 1. The molecular weight excluding hydrogens is 446 g/mol. The lowest BCUT2D eigenvalue weighted by Gasteiger charge is -2.17. The number of hydrogen-bond donors (Lipinski definition) is 0. The molecule has 0 spiro atoms. The molecule has 1 amide bonds. The molecule has 6 heteroatoms. The molecule has 0 radical (unpaired) electrons. The summed E-state index contributed by atoms with van der Waals surface area (Å²) in [6.07, 6.45) is 2.48. The Morgan fingerprint density at radius 2 is 1.83 bits per heavy atom. The van der Waals surface area contributed by atoms with Gasteiger partial charge in [0.05, 0.1) is 18.0 Å². The predicted molar refractivity (Wildman–Crippen MR) is 125 cm³/mol. The van der Waals surface area contributed by atoms with Crippen LogP contribution in [0.2, 0.25) is 0 Å².